The van der Waals surface area contributed by atoms with Gasteiger partial charge in [-0.25, -0.2) is 0 Å². The van der Waals surface area contributed by atoms with E-state index in [1.54, 1.807) is 7.11 Å². The third-order valence-electron chi connectivity index (χ3n) is 2.83. The molecule has 4 N–H and O–H groups in total. The first-order valence-corrected chi connectivity index (χ1v) is 6.31. The smallest absolute Gasteiger partial charge is 0.119 e. The molecule has 0 unspecified atom stereocenters. The van der Waals surface area contributed by atoms with Gasteiger partial charge in [-0.05, 0) is 52.2 Å². The van der Waals surface area contributed by atoms with E-state index in [0.29, 0.717) is 11.4 Å². The van der Waals surface area contributed by atoms with Crippen LogP contribution >= 0.6 is 15.9 Å². The number of anilines is 2. The molecule has 0 amide bonds. The van der Waals surface area contributed by atoms with Crippen molar-refractivity contribution >= 4 is 27.3 Å². The highest BCUT2D eigenvalue weighted by atomic mass is 79.9. The van der Waals surface area contributed by atoms with Crippen LogP contribution in [0.3, 0.4) is 0 Å². The largest absolute Gasteiger partial charge is 0.497 e. The summed E-state index contributed by atoms with van der Waals surface area (Å²) in [5.41, 5.74) is 16.2. The maximum atomic E-state index is 6.06. The average molecular weight is 307 g/mol. The van der Waals surface area contributed by atoms with Crippen LogP contribution in [-0.2, 0) is 0 Å². The SMILES string of the molecule is COc1cc(C)cc(-c2ccc(Br)c(N)c2N)c1. The van der Waals surface area contributed by atoms with E-state index < -0.39 is 0 Å². The number of methoxy groups -OCH3 is 1. The number of halogens is 1. The summed E-state index contributed by atoms with van der Waals surface area (Å²) in [6.07, 6.45) is 0. The van der Waals surface area contributed by atoms with Crippen LogP contribution in [0.15, 0.2) is 34.8 Å². The third-order valence-corrected chi connectivity index (χ3v) is 3.52. The summed E-state index contributed by atoms with van der Waals surface area (Å²) in [6.45, 7) is 2.02. The zero-order valence-electron chi connectivity index (χ0n) is 10.3. The van der Waals surface area contributed by atoms with Crippen LogP contribution in [-0.4, -0.2) is 7.11 Å². The Morgan fingerprint density at radius 1 is 1.06 bits per heavy atom. The number of ether oxygens (including phenoxy) is 1. The molecular weight excluding hydrogens is 292 g/mol. The van der Waals surface area contributed by atoms with Gasteiger partial charge in [-0.2, -0.15) is 0 Å². The van der Waals surface area contributed by atoms with Gasteiger partial charge >= 0.3 is 0 Å². The van der Waals surface area contributed by atoms with Crippen molar-refractivity contribution in [3.8, 4) is 16.9 Å². The Morgan fingerprint density at radius 2 is 1.78 bits per heavy atom. The molecule has 18 heavy (non-hydrogen) atoms. The Labute approximate surface area is 115 Å². The molecule has 0 atom stereocenters. The summed E-state index contributed by atoms with van der Waals surface area (Å²) in [6, 6.07) is 9.83. The Hall–Kier alpha value is -1.68. The van der Waals surface area contributed by atoms with E-state index in [-0.39, 0.29) is 0 Å². The van der Waals surface area contributed by atoms with Gasteiger partial charge in [0, 0.05) is 10.0 Å². The number of rotatable bonds is 2. The van der Waals surface area contributed by atoms with Crippen molar-refractivity contribution in [2.24, 2.45) is 0 Å². The van der Waals surface area contributed by atoms with Crippen molar-refractivity contribution in [3.63, 3.8) is 0 Å². The lowest BCUT2D eigenvalue weighted by Gasteiger charge is -2.12. The van der Waals surface area contributed by atoms with Crippen LogP contribution in [0.5, 0.6) is 5.75 Å². The summed E-state index contributed by atoms with van der Waals surface area (Å²) < 4.78 is 6.08. The van der Waals surface area contributed by atoms with Gasteiger partial charge in [0.05, 0.1) is 18.5 Å². The number of benzene rings is 2. The number of nitrogens with two attached hydrogens (primary N) is 2. The minimum atomic E-state index is 0.563. The second-order valence-corrected chi connectivity index (χ2v) is 5.02. The fourth-order valence-corrected chi connectivity index (χ4v) is 2.23. The second-order valence-electron chi connectivity index (χ2n) is 4.16. The molecule has 0 aliphatic rings. The van der Waals surface area contributed by atoms with E-state index in [1.807, 2.05) is 31.2 Å². The molecule has 0 saturated carbocycles. The molecular formula is C14H15BrN2O. The van der Waals surface area contributed by atoms with Gasteiger partial charge in [0.25, 0.3) is 0 Å². The molecule has 2 aromatic rings. The quantitative estimate of drug-likeness (QED) is 0.833. The molecule has 0 bridgehead atoms. The number of nitrogen functional groups attached to an aromatic ring is 2. The van der Waals surface area contributed by atoms with E-state index in [9.17, 15) is 0 Å². The first-order chi connectivity index (χ1) is 8.52. The third kappa shape index (κ3) is 2.29. The minimum Gasteiger partial charge on any atom is -0.497 e. The highest BCUT2D eigenvalue weighted by molar-refractivity contribution is 9.10. The Balaban J connectivity index is 2.62. The molecule has 2 rings (SSSR count). The van der Waals surface area contributed by atoms with Gasteiger partial charge < -0.3 is 16.2 Å². The van der Waals surface area contributed by atoms with Crippen LogP contribution in [0, 0.1) is 6.92 Å². The molecule has 0 aromatic heterocycles. The van der Waals surface area contributed by atoms with Crippen molar-refractivity contribution in [3.05, 3.63) is 40.4 Å². The topological polar surface area (TPSA) is 61.3 Å². The zero-order chi connectivity index (χ0) is 13.3. The second kappa shape index (κ2) is 4.90. The zero-order valence-corrected chi connectivity index (χ0v) is 11.9. The van der Waals surface area contributed by atoms with E-state index in [0.717, 1.165) is 26.9 Å². The van der Waals surface area contributed by atoms with Crippen LogP contribution in [0.2, 0.25) is 0 Å². The monoisotopic (exact) mass is 306 g/mol. The van der Waals surface area contributed by atoms with Crippen molar-refractivity contribution in [2.45, 2.75) is 6.92 Å². The Kier molecular flexibility index (Phi) is 3.48. The summed E-state index contributed by atoms with van der Waals surface area (Å²) >= 11 is 3.37. The fraction of sp³-hybridized carbons (Fsp3) is 0.143. The standard InChI is InChI=1S/C14H15BrN2O/c1-8-5-9(7-10(6-8)18-2)11-3-4-12(15)14(17)13(11)16/h3-7H,16-17H2,1-2H3. The highest BCUT2D eigenvalue weighted by Crippen LogP contribution is 2.36. The lowest BCUT2D eigenvalue weighted by molar-refractivity contribution is 0.414. The summed E-state index contributed by atoms with van der Waals surface area (Å²) in [5.74, 6) is 0.811. The highest BCUT2D eigenvalue weighted by Gasteiger charge is 2.09. The van der Waals surface area contributed by atoms with Gasteiger partial charge in [-0.1, -0.05) is 12.1 Å². The van der Waals surface area contributed by atoms with E-state index in [2.05, 4.69) is 22.0 Å². The van der Waals surface area contributed by atoms with Crippen LogP contribution in [0.25, 0.3) is 11.1 Å². The van der Waals surface area contributed by atoms with Crippen molar-refractivity contribution in [1.29, 1.82) is 0 Å². The van der Waals surface area contributed by atoms with Gasteiger partial charge in [0.1, 0.15) is 5.75 Å². The van der Waals surface area contributed by atoms with E-state index in [1.165, 1.54) is 0 Å². The number of hydrogen-bond donors (Lipinski definition) is 2. The average Bonchev–Trinajstić information content (AvgIpc) is 2.35. The van der Waals surface area contributed by atoms with Crippen molar-refractivity contribution in [2.75, 3.05) is 18.6 Å². The summed E-state index contributed by atoms with van der Waals surface area (Å²) in [5, 5.41) is 0. The predicted octanol–water partition coefficient (Wildman–Crippen LogP) is 3.60. The van der Waals surface area contributed by atoms with Gasteiger partial charge in [-0.3, -0.25) is 0 Å². The maximum absolute atomic E-state index is 6.06. The Bertz CT molecular complexity index is 597. The Morgan fingerprint density at radius 3 is 2.44 bits per heavy atom. The molecule has 94 valence electrons. The fourth-order valence-electron chi connectivity index (χ4n) is 1.88. The molecule has 0 fully saturated rings. The van der Waals surface area contributed by atoms with Crippen LogP contribution in [0.1, 0.15) is 5.56 Å². The summed E-state index contributed by atoms with van der Waals surface area (Å²) in [4.78, 5) is 0. The minimum absolute atomic E-state index is 0.563. The van der Waals surface area contributed by atoms with Crippen molar-refractivity contribution in [1.82, 2.24) is 0 Å². The number of aryl methyl sites for hydroxylation is 1. The molecule has 3 nitrogen and oxygen atoms in total. The van der Waals surface area contributed by atoms with E-state index in [4.69, 9.17) is 16.2 Å². The van der Waals surface area contributed by atoms with Crippen LogP contribution < -0.4 is 16.2 Å². The summed E-state index contributed by atoms with van der Waals surface area (Å²) in [7, 11) is 1.65. The molecule has 0 aliphatic carbocycles. The van der Waals surface area contributed by atoms with Gasteiger partial charge in [-0.15, -0.1) is 0 Å². The molecule has 0 spiro atoms. The predicted molar refractivity (Wildman–Crippen MR) is 79.7 cm³/mol. The first-order valence-electron chi connectivity index (χ1n) is 5.52. The van der Waals surface area contributed by atoms with E-state index >= 15 is 0 Å². The van der Waals surface area contributed by atoms with Crippen LogP contribution in [0.4, 0.5) is 11.4 Å². The maximum Gasteiger partial charge on any atom is 0.119 e. The molecule has 0 radical (unpaired) electrons. The van der Waals surface area contributed by atoms with Gasteiger partial charge in [0.2, 0.25) is 0 Å². The normalized spacial score (nSPS) is 10.4. The van der Waals surface area contributed by atoms with Gasteiger partial charge in [0.15, 0.2) is 0 Å². The molecule has 0 aliphatic heterocycles. The molecule has 0 saturated heterocycles. The first kappa shape index (κ1) is 12.8. The lowest BCUT2D eigenvalue weighted by Crippen LogP contribution is -1.98. The number of hydrogen-bond acceptors (Lipinski definition) is 3. The lowest BCUT2D eigenvalue weighted by atomic mass is 10.0. The molecule has 0 heterocycles. The van der Waals surface area contributed by atoms with Crippen molar-refractivity contribution < 1.29 is 4.74 Å². The molecule has 4 heteroatoms. The molecule has 2 aromatic carbocycles.